The summed E-state index contributed by atoms with van der Waals surface area (Å²) in [5.41, 5.74) is 0. The first kappa shape index (κ1) is 10.8. The average molecular weight is 197 g/mol. The van der Waals surface area contributed by atoms with Crippen LogP contribution in [-0.2, 0) is 17.9 Å². The maximum absolute atomic E-state index is 10.5. The van der Waals surface area contributed by atoms with Crippen molar-refractivity contribution >= 4 is 5.97 Å². The summed E-state index contributed by atoms with van der Waals surface area (Å²) in [7, 11) is 0. The van der Waals surface area contributed by atoms with Gasteiger partial charge in [0, 0.05) is 6.92 Å². The standard InChI is InChI=1S/C10H16N2O2/c1-3-4-5-11-6-7-12(9(11)2)8-10(13)14/h6-7H,3-5,8H2,1-2H3/p+1. The lowest BCUT2D eigenvalue weighted by atomic mass is 10.3. The quantitative estimate of drug-likeness (QED) is 0.715. The third-order valence-corrected chi connectivity index (χ3v) is 2.32. The number of carboxylic acid groups (broad SMARTS) is 1. The van der Waals surface area contributed by atoms with E-state index in [0.29, 0.717) is 0 Å². The van der Waals surface area contributed by atoms with E-state index in [4.69, 9.17) is 5.11 Å². The Morgan fingerprint density at radius 1 is 1.64 bits per heavy atom. The van der Waals surface area contributed by atoms with Gasteiger partial charge in [0.2, 0.25) is 0 Å². The zero-order chi connectivity index (χ0) is 10.6. The van der Waals surface area contributed by atoms with Gasteiger partial charge in [-0.15, -0.1) is 0 Å². The lowest BCUT2D eigenvalue weighted by Crippen LogP contribution is -2.39. The minimum absolute atomic E-state index is 0.0466. The second-order valence-corrected chi connectivity index (χ2v) is 3.41. The van der Waals surface area contributed by atoms with Crippen molar-refractivity contribution in [2.24, 2.45) is 0 Å². The van der Waals surface area contributed by atoms with Gasteiger partial charge in [-0.25, -0.2) is 13.9 Å². The number of carbonyl (C=O) groups is 1. The molecule has 4 nitrogen and oxygen atoms in total. The van der Waals surface area contributed by atoms with Gasteiger partial charge in [0.1, 0.15) is 12.4 Å². The van der Waals surface area contributed by atoms with Gasteiger partial charge >= 0.3 is 5.97 Å². The summed E-state index contributed by atoms with van der Waals surface area (Å²) in [5.74, 6) is 0.201. The van der Waals surface area contributed by atoms with Gasteiger partial charge in [-0.1, -0.05) is 13.3 Å². The molecular formula is C10H17N2O2+. The largest absolute Gasteiger partial charge is 0.478 e. The first-order valence-electron chi connectivity index (χ1n) is 4.92. The van der Waals surface area contributed by atoms with E-state index in [9.17, 15) is 4.79 Å². The van der Waals surface area contributed by atoms with Gasteiger partial charge in [-0.3, -0.25) is 0 Å². The number of nitrogens with zero attached hydrogens (tertiary/aromatic N) is 2. The molecule has 14 heavy (non-hydrogen) atoms. The Morgan fingerprint density at radius 2 is 2.36 bits per heavy atom. The molecule has 0 unspecified atom stereocenters. The SMILES string of the molecule is CCCCn1cc[n+](CC(=O)O)c1C. The van der Waals surface area contributed by atoms with Gasteiger partial charge in [0.15, 0.2) is 6.54 Å². The number of hydrogen-bond acceptors (Lipinski definition) is 1. The molecule has 0 radical (unpaired) electrons. The fraction of sp³-hybridized carbons (Fsp3) is 0.600. The van der Waals surface area contributed by atoms with Gasteiger partial charge in [-0.2, -0.15) is 0 Å². The summed E-state index contributed by atoms with van der Waals surface area (Å²) in [6, 6.07) is 0. The fourth-order valence-corrected chi connectivity index (χ4v) is 1.42. The van der Waals surface area contributed by atoms with Crippen LogP contribution in [0.2, 0.25) is 0 Å². The molecule has 1 rings (SSSR count). The topological polar surface area (TPSA) is 46.1 Å². The van der Waals surface area contributed by atoms with Crippen LogP contribution in [0.5, 0.6) is 0 Å². The molecule has 1 heterocycles. The van der Waals surface area contributed by atoms with Crippen molar-refractivity contribution in [2.75, 3.05) is 0 Å². The Balaban J connectivity index is 2.69. The molecule has 0 atom stereocenters. The smallest absolute Gasteiger partial charge is 0.346 e. The van der Waals surface area contributed by atoms with Crippen LogP contribution in [0.15, 0.2) is 12.4 Å². The number of unbranched alkanes of at least 4 members (excludes halogenated alkanes) is 1. The Hall–Kier alpha value is -1.32. The first-order chi connectivity index (χ1) is 6.65. The second kappa shape index (κ2) is 4.79. The van der Waals surface area contributed by atoms with Gasteiger partial charge in [-0.05, 0) is 6.42 Å². The summed E-state index contributed by atoms with van der Waals surface area (Å²) in [5, 5.41) is 8.65. The number of hydrogen-bond donors (Lipinski definition) is 1. The maximum atomic E-state index is 10.5. The van der Waals surface area contributed by atoms with Crippen LogP contribution < -0.4 is 4.57 Å². The Labute approximate surface area is 83.8 Å². The highest BCUT2D eigenvalue weighted by Gasteiger charge is 2.13. The fourth-order valence-electron chi connectivity index (χ4n) is 1.42. The van der Waals surface area contributed by atoms with E-state index < -0.39 is 5.97 Å². The minimum Gasteiger partial charge on any atom is -0.478 e. The number of aryl methyl sites for hydroxylation is 1. The summed E-state index contributed by atoms with van der Waals surface area (Å²) in [6.07, 6.45) is 6.03. The molecule has 0 aromatic carbocycles. The molecule has 0 aliphatic heterocycles. The van der Waals surface area contributed by atoms with Crippen LogP contribution in [-0.4, -0.2) is 15.6 Å². The van der Waals surface area contributed by atoms with Crippen molar-refractivity contribution in [1.29, 1.82) is 0 Å². The molecule has 0 fully saturated rings. The van der Waals surface area contributed by atoms with Crippen molar-refractivity contribution in [2.45, 2.75) is 39.8 Å². The molecule has 1 aromatic rings. The van der Waals surface area contributed by atoms with Crippen LogP contribution in [0, 0.1) is 6.92 Å². The first-order valence-corrected chi connectivity index (χ1v) is 4.92. The molecule has 0 aliphatic carbocycles. The number of aromatic nitrogens is 2. The van der Waals surface area contributed by atoms with Crippen LogP contribution in [0.1, 0.15) is 25.6 Å². The Kier molecular flexibility index (Phi) is 3.68. The average Bonchev–Trinajstić information content (AvgIpc) is 2.45. The van der Waals surface area contributed by atoms with Crippen LogP contribution >= 0.6 is 0 Å². The van der Waals surface area contributed by atoms with E-state index in [1.807, 2.05) is 19.3 Å². The Bertz CT molecular complexity index is 318. The molecule has 1 aromatic heterocycles. The van der Waals surface area contributed by atoms with Gasteiger partial charge < -0.3 is 5.11 Å². The summed E-state index contributed by atoms with van der Waals surface area (Å²) >= 11 is 0. The normalized spacial score (nSPS) is 10.4. The zero-order valence-electron chi connectivity index (χ0n) is 8.73. The molecule has 1 N–H and O–H groups in total. The summed E-state index contributed by atoms with van der Waals surface area (Å²) in [6.45, 7) is 5.10. The highest BCUT2D eigenvalue weighted by atomic mass is 16.4. The van der Waals surface area contributed by atoms with Crippen molar-refractivity contribution in [1.82, 2.24) is 4.57 Å². The highest BCUT2D eigenvalue weighted by Crippen LogP contribution is 1.98. The third kappa shape index (κ3) is 2.58. The molecule has 0 amide bonds. The highest BCUT2D eigenvalue weighted by molar-refractivity contribution is 5.64. The molecule has 0 saturated carbocycles. The van der Waals surface area contributed by atoms with E-state index in [1.54, 1.807) is 4.57 Å². The van der Waals surface area contributed by atoms with E-state index in [-0.39, 0.29) is 6.54 Å². The molecule has 4 heteroatoms. The minimum atomic E-state index is -0.800. The molecule has 78 valence electrons. The van der Waals surface area contributed by atoms with Crippen molar-refractivity contribution in [3.8, 4) is 0 Å². The molecule has 0 spiro atoms. The number of carboxylic acids is 1. The number of imidazole rings is 1. The van der Waals surface area contributed by atoms with Gasteiger partial charge in [0.25, 0.3) is 5.82 Å². The molecule has 0 aliphatic rings. The Morgan fingerprint density at radius 3 is 2.93 bits per heavy atom. The van der Waals surface area contributed by atoms with Crippen LogP contribution in [0.3, 0.4) is 0 Å². The van der Waals surface area contributed by atoms with Crippen LogP contribution in [0.25, 0.3) is 0 Å². The number of aliphatic carboxylic acids is 1. The number of rotatable bonds is 5. The lowest BCUT2D eigenvalue weighted by Gasteiger charge is -1.98. The van der Waals surface area contributed by atoms with Gasteiger partial charge in [0.05, 0.1) is 6.54 Å². The van der Waals surface area contributed by atoms with Crippen LogP contribution in [0.4, 0.5) is 0 Å². The second-order valence-electron chi connectivity index (χ2n) is 3.41. The van der Waals surface area contributed by atoms with E-state index >= 15 is 0 Å². The molecule has 0 saturated heterocycles. The van der Waals surface area contributed by atoms with Crippen molar-refractivity contribution in [3.05, 3.63) is 18.2 Å². The zero-order valence-corrected chi connectivity index (χ0v) is 8.73. The van der Waals surface area contributed by atoms with E-state index in [2.05, 4.69) is 11.5 Å². The summed E-state index contributed by atoms with van der Waals surface area (Å²) in [4.78, 5) is 10.5. The third-order valence-electron chi connectivity index (χ3n) is 2.32. The molecular weight excluding hydrogens is 180 g/mol. The monoisotopic (exact) mass is 197 g/mol. The maximum Gasteiger partial charge on any atom is 0.346 e. The molecule has 0 bridgehead atoms. The van der Waals surface area contributed by atoms with E-state index in [1.165, 1.54) is 0 Å². The van der Waals surface area contributed by atoms with Crippen molar-refractivity contribution in [3.63, 3.8) is 0 Å². The lowest BCUT2D eigenvalue weighted by molar-refractivity contribution is -0.691. The predicted molar refractivity (Wildman–Crippen MR) is 51.9 cm³/mol. The summed E-state index contributed by atoms with van der Waals surface area (Å²) < 4.78 is 3.84. The van der Waals surface area contributed by atoms with E-state index in [0.717, 1.165) is 25.2 Å². The van der Waals surface area contributed by atoms with Crippen molar-refractivity contribution < 1.29 is 14.5 Å². The predicted octanol–water partition coefficient (Wildman–Crippen LogP) is 0.969.